The molecule has 0 amide bonds. The minimum absolute atomic E-state index is 0.0491. The summed E-state index contributed by atoms with van der Waals surface area (Å²) >= 11 is 0. The van der Waals surface area contributed by atoms with Crippen LogP contribution in [0, 0.1) is 0 Å². The van der Waals surface area contributed by atoms with Crippen LogP contribution in [0.15, 0.2) is 60.7 Å². The first-order valence-electron chi connectivity index (χ1n) is 7.47. The molecule has 1 aliphatic heterocycles. The summed E-state index contributed by atoms with van der Waals surface area (Å²) in [6.45, 7) is -0.0491. The molecule has 1 N–H and O–H groups in total. The molecule has 6 heteroatoms. The van der Waals surface area contributed by atoms with Crippen molar-refractivity contribution in [2.45, 2.75) is 18.5 Å². The van der Waals surface area contributed by atoms with Gasteiger partial charge in [0, 0.05) is 0 Å². The Morgan fingerprint density at radius 2 is 1.38 bits per heavy atom. The summed E-state index contributed by atoms with van der Waals surface area (Å²) in [6, 6.07) is 16.8. The van der Waals surface area contributed by atoms with Crippen molar-refractivity contribution in [3.63, 3.8) is 0 Å². The van der Waals surface area contributed by atoms with Crippen LogP contribution in [0.4, 0.5) is 0 Å². The maximum atomic E-state index is 12.1. The van der Waals surface area contributed by atoms with Crippen LogP contribution in [-0.2, 0) is 14.2 Å². The van der Waals surface area contributed by atoms with Crippen LogP contribution in [0.3, 0.4) is 0 Å². The molecule has 1 saturated heterocycles. The lowest BCUT2D eigenvalue weighted by molar-refractivity contribution is -0.117. The number of aliphatic hydroxyl groups excluding tert-OH is 1. The molecule has 0 aliphatic carbocycles. The van der Waals surface area contributed by atoms with Crippen molar-refractivity contribution in [2.75, 3.05) is 6.61 Å². The van der Waals surface area contributed by atoms with Crippen molar-refractivity contribution < 1.29 is 28.9 Å². The SMILES string of the molecule is O=C(O[C@H]1[C@H](O)OC[C@H]1OC(=O)c1ccccc1)c1ccccc1. The largest absolute Gasteiger partial charge is 0.452 e. The third-order valence-corrected chi connectivity index (χ3v) is 3.60. The summed E-state index contributed by atoms with van der Waals surface area (Å²) in [5.41, 5.74) is 0.705. The number of rotatable bonds is 4. The van der Waals surface area contributed by atoms with Gasteiger partial charge in [-0.15, -0.1) is 0 Å². The third-order valence-electron chi connectivity index (χ3n) is 3.60. The van der Waals surface area contributed by atoms with Gasteiger partial charge in [0.1, 0.15) is 0 Å². The van der Waals surface area contributed by atoms with Crippen LogP contribution < -0.4 is 0 Å². The number of benzene rings is 2. The minimum Gasteiger partial charge on any atom is -0.452 e. The lowest BCUT2D eigenvalue weighted by Gasteiger charge is -2.20. The first-order chi connectivity index (χ1) is 11.6. The van der Waals surface area contributed by atoms with Gasteiger partial charge in [-0.1, -0.05) is 36.4 Å². The first-order valence-corrected chi connectivity index (χ1v) is 7.47. The highest BCUT2D eigenvalue weighted by molar-refractivity contribution is 5.90. The third kappa shape index (κ3) is 3.61. The molecule has 2 aromatic carbocycles. The van der Waals surface area contributed by atoms with Crippen LogP contribution in [0.25, 0.3) is 0 Å². The minimum atomic E-state index is -1.34. The molecule has 6 nitrogen and oxygen atoms in total. The summed E-state index contributed by atoms with van der Waals surface area (Å²) in [5, 5.41) is 9.85. The second-order valence-corrected chi connectivity index (χ2v) is 5.27. The molecule has 0 bridgehead atoms. The average molecular weight is 328 g/mol. The molecule has 0 spiro atoms. The molecule has 24 heavy (non-hydrogen) atoms. The highest BCUT2D eigenvalue weighted by atomic mass is 16.7. The Labute approximate surface area is 138 Å². The molecule has 1 aliphatic rings. The van der Waals surface area contributed by atoms with E-state index in [1.807, 2.05) is 0 Å². The molecule has 1 fully saturated rings. The van der Waals surface area contributed by atoms with Gasteiger partial charge < -0.3 is 19.3 Å². The molecule has 2 aromatic rings. The summed E-state index contributed by atoms with van der Waals surface area (Å²) in [6.07, 6.45) is -3.29. The van der Waals surface area contributed by atoms with Crippen molar-refractivity contribution in [1.29, 1.82) is 0 Å². The van der Waals surface area contributed by atoms with Gasteiger partial charge >= 0.3 is 11.9 Å². The number of carbonyl (C=O) groups is 2. The topological polar surface area (TPSA) is 82.1 Å². The fourth-order valence-corrected chi connectivity index (χ4v) is 2.35. The van der Waals surface area contributed by atoms with Crippen molar-refractivity contribution in [1.82, 2.24) is 0 Å². The highest BCUT2D eigenvalue weighted by Gasteiger charge is 2.42. The molecule has 3 rings (SSSR count). The monoisotopic (exact) mass is 328 g/mol. The van der Waals surface area contributed by atoms with Gasteiger partial charge in [-0.05, 0) is 24.3 Å². The van der Waals surface area contributed by atoms with Gasteiger partial charge in [-0.25, -0.2) is 9.59 Å². The zero-order valence-electron chi connectivity index (χ0n) is 12.7. The first kappa shape index (κ1) is 16.2. The lowest BCUT2D eigenvalue weighted by Crippen LogP contribution is -2.38. The van der Waals surface area contributed by atoms with E-state index in [9.17, 15) is 14.7 Å². The smallest absolute Gasteiger partial charge is 0.338 e. The number of aliphatic hydroxyl groups is 1. The van der Waals surface area contributed by atoms with Crippen molar-refractivity contribution in [2.24, 2.45) is 0 Å². The Kier molecular flexibility index (Phi) is 4.88. The van der Waals surface area contributed by atoms with E-state index in [4.69, 9.17) is 14.2 Å². The molecular weight excluding hydrogens is 312 g/mol. The van der Waals surface area contributed by atoms with E-state index < -0.39 is 30.4 Å². The Morgan fingerprint density at radius 1 is 0.875 bits per heavy atom. The maximum Gasteiger partial charge on any atom is 0.338 e. The fourth-order valence-electron chi connectivity index (χ4n) is 2.35. The van der Waals surface area contributed by atoms with Crippen LogP contribution in [0.2, 0.25) is 0 Å². The van der Waals surface area contributed by atoms with Gasteiger partial charge in [-0.2, -0.15) is 0 Å². The molecule has 1 heterocycles. The van der Waals surface area contributed by atoms with Crippen LogP contribution in [0.1, 0.15) is 20.7 Å². The molecule has 0 saturated carbocycles. The maximum absolute atomic E-state index is 12.1. The summed E-state index contributed by atoms with van der Waals surface area (Å²) in [4.78, 5) is 24.2. The standard InChI is InChI=1S/C18H16O6/c19-16(12-7-3-1-4-8-12)23-14-11-22-18(21)15(14)24-17(20)13-9-5-2-6-10-13/h1-10,14-15,18,21H,11H2/t14-,15-,18-/m1/s1. The summed E-state index contributed by atoms with van der Waals surface area (Å²) < 4.78 is 15.6. The zero-order chi connectivity index (χ0) is 16.9. The number of hydrogen-bond acceptors (Lipinski definition) is 6. The quantitative estimate of drug-likeness (QED) is 0.862. The fraction of sp³-hybridized carbons (Fsp3) is 0.222. The number of ether oxygens (including phenoxy) is 3. The molecule has 0 radical (unpaired) electrons. The Morgan fingerprint density at radius 3 is 1.92 bits per heavy atom. The average Bonchev–Trinajstić information content (AvgIpc) is 2.96. The van der Waals surface area contributed by atoms with E-state index >= 15 is 0 Å². The van der Waals surface area contributed by atoms with Crippen molar-refractivity contribution >= 4 is 11.9 Å². The van der Waals surface area contributed by atoms with E-state index in [2.05, 4.69) is 0 Å². The van der Waals surface area contributed by atoms with E-state index in [0.29, 0.717) is 11.1 Å². The molecule has 0 aromatic heterocycles. The van der Waals surface area contributed by atoms with Gasteiger partial charge in [0.05, 0.1) is 17.7 Å². The van der Waals surface area contributed by atoms with Crippen molar-refractivity contribution in [3.05, 3.63) is 71.8 Å². The Hall–Kier alpha value is -2.70. The summed E-state index contributed by atoms with van der Waals surface area (Å²) in [5.74, 6) is -1.19. The number of carbonyl (C=O) groups excluding carboxylic acids is 2. The predicted molar refractivity (Wildman–Crippen MR) is 83.2 cm³/mol. The number of hydrogen-bond donors (Lipinski definition) is 1. The Bertz CT molecular complexity index is 700. The van der Waals surface area contributed by atoms with Gasteiger partial charge in [0.2, 0.25) is 0 Å². The van der Waals surface area contributed by atoms with Crippen LogP contribution in [0.5, 0.6) is 0 Å². The molecular formula is C18H16O6. The zero-order valence-corrected chi connectivity index (χ0v) is 12.7. The summed E-state index contributed by atoms with van der Waals surface area (Å²) in [7, 11) is 0. The van der Waals surface area contributed by atoms with Gasteiger partial charge in [0.15, 0.2) is 18.5 Å². The van der Waals surface area contributed by atoms with Gasteiger partial charge in [-0.3, -0.25) is 0 Å². The molecule has 124 valence electrons. The normalized spacial score (nSPS) is 22.8. The van der Waals surface area contributed by atoms with Crippen LogP contribution in [-0.4, -0.2) is 42.1 Å². The highest BCUT2D eigenvalue weighted by Crippen LogP contribution is 2.21. The lowest BCUT2D eigenvalue weighted by atomic mass is 10.2. The van der Waals surface area contributed by atoms with E-state index in [1.165, 1.54) is 0 Å². The second-order valence-electron chi connectivity index (χ2n) is 5.27. The van der Waals surface area contributed by atoms with Gasteiger partial charge in [0.25, 0.3) is 0 Å². The van der Waals surface area contributed by atoms with Crippen LogP contribution >= 0.6 is 0 Å². The molecule has 0 unspecified atom stereocenters. The second kappa shape index (κ2) is 7.25. The Balaban J connectivity index is 1.67. The van der Waals surface area contributed by atoms with E-state index in [-0.39, 0.29) is 6.61 Å². The molecule has 3 atom stereocenters. The van der Waals surface area contributed by atoms with E-state index in [0.717, 1.165) is 0 Å². The number of esters is 2. The van der Waals surface area contributed by atoms with E-state index in [1.54, 1.807) is 60.7 Å². The van der Waals surface area contributed by atoms with Crippen molar-refractivity contribution in [3.8, 4) is 0 Å². The predicted octanol–water partition coefficient (Wildman–Crippen LogP) is 1.79.